The second-order valence-corrected chi connectivity index (χ2v) is 14.0. The van der Waals surface area contributed by atoms with Gasteiger partial charge in [-0.05, 0) is 117 Å². The zero-order valence-electron chi connectivity index (χ0n) is 23.3. The molecular weight excluding hydrogens is 447 g/mol. The average Bonchev–Trinajstić information content (AvgIpc) is 3.22. The summed E-state index contributed by atoms with van der Waals surface area (Å²) in [5, 5.41) is 21.8. The lowest BCUT2D eigenvalue weighted by molar-refractivity contribution is -0.123. The minimum atomic E-state index is -0.721. The van der Waals surface area contributed by atoms with Crippen molar-refractivity contribution in [3.8, 4) is 0 Å². The molecule has 200 valence electrons. The van der Waals surface area contributed by atoms with Crippen LogP contribution in [0.25, 0.3) is 0 Å². The van der Waals surface area contributed by atoms with Gasteiger partial charge in [-0.2, -0.15) is 0 Å². The molecule has 4 aliphatic carbocycles. The molecule has 5 rings (SSSR count). The van der Waals surface area contributed by atoms with E-state index in [0.29, 0.717) is 40.6 Å². The predicted molar refractivity (Wildman–Crippen MR) is 145 cm³/mol. The maximum absolute atomic E-state index is 14.2. The third-order valence-corrected chi connectivity index (χ3v) is 12.4. The van der Waals surface area contributed by atoms with Crippen LogP contribution in [0.15, 0.2) is 35.9 Å². The highest BCUT2D eigenvalue weighted by Crippen LogP contribution is 2.72. The topological polar surface area (TPSA) is 40.5 Å². The average molecular weight is 497 g/mol. The molecule has 36 heavy (non-hydrogen) atoms. The summed E-state index contributed by atoms with van der Waals surface area (Å²) >= 11 is 0. The fourth-order valence-corrected chi connectivity index (χ4v) is 10.2. The Morgan fingerprint density at radius 2 is 1.72 bits per heavy atom. The highest BCUT2D eigenvalue weighted by Gasteiger charge is 2.64. The Bertz CT molecular complexity index is 1000. The molecule has 0 aromatic heterocycles. The van der Waals surface area contributed by atoms with Gasteiger partial charge in [-0.15, -0.1) is 0 Å². The van der Waals surface area contributed by atoms with Crippen molar-refractivity contribution in [1.82, 2.24) is 0 Å². The number of aliphatic hydroxyl groups is 2. The van der Waals surface area contributed by atoms with Crippen molar-refractivity contribution in [2.45, 2.75) is 117 Å². The molecule has 4 aliphatic rings. The summed E-state index contributed by atoms with van der Waals surface area (Å²) in [4.78, 5) is 0. The lowest BCUT2D eigenvalue weighted by Crippen LogP contribution is -2.57. The molecule has 1 aromatic rings. The number of halogens is 1. The van der Waals surface area contributed by atoms with E-state index in [-0.39, 0.29) is 11.2 Å². The standard InChI is InChI=1S/C33H49FO2/c1-6-33(36)20-19-30(3)23(21-33)15-17-32(5)28-14-12-25(31(28,4)18-16-29(30)32)22(2)11-13-27(35)24-9-7-8-10-26(24)34/h7-10,15,22,25,27-29,35-36H,6,11-14,16-21H2,1-5H3/t22-,25-,27+,28-,29-,30+,31-,32+,33+/m1/s1. The molecule has 3 heteroatoms. The highest BCUT2D eigenvalue weighted by atomic mass is 19.1. The third-order valence-electron chi connectivity index (χ3n) is 12.4. The first kappa shape index (κ1) is 26.4. The summed E-state index contributed by atoms with van der Waals surface area (Å²) in [5.74, 6) is 2.34. The van der Waals surface area contributed by atoms with E-state index in [0.717, 1.165) is 44.4 Å². The molecule has 0 spiro atoms. The molecule has 0 unspecified atom stereocenters. The molecule has 2 nitrogen and oxygen atoms in total. The smallest absolute Gasteiger partial charge is 0.128 e. The molecule has 1 aromatic carbocycles. The van der Waals surface area contributed by atoms with E-state index >= 15 is 0 Å². The molecule has 0 saturated heterocycles. The fourth-order valence-electron chi connectivity index (χ4n) is 10.2. The molecule has 0 bridgehead atoms. The van der Waals surface area contributed by atoms with E-state index in [1.807, 2.05) is 6.07 Å². The summed E-state index contributed by atoms with van der Waals surface area (Å²) < 4.78 is 14.2. The molecule has 0 amide bonds. The van der Waals surface area contributed by atoms with E-state index in [1.54, 1.807) is 17.7 Å². The van der Waals surface area contributed by atoms with E-state index in [1.165, 1.54) is 31.7 Å². The van der Waals surface area contributed by atoms with E-state index in [9.17, 15) is 14.6 Å². The summed E-state index contributed by atoms with van der Waals surface area (Å²) in [5.41, 5.74) is 2.40. The summed E-state index contributed by atoms with van der Waals surface area (Å²) in [7, 11) is 0. The minimum Gasteiger partial charge on any atom is -0.390 e. The van der Waals surface area contributed by atoms with E-state index in [2.05, 4.69) is 40.7 Å². The zero-order chi connectivity index (χ0) is 25.9. The molecule has 3 saturated carbocycles. The minimum absolute atomic E-state index is 0.239. The lowest BCUT2D eigenvalue weighted by Gasteiger charge is -2.64. The Hall–Kier alpha value is -1.19. The normalized spacial score (nSPS) is 43.7. The van der Waals surface area contributed by atoms with Crippen LogP contribution in [-0.2, 0) is 0 Å². The highest BCUT2D eigenvalue weighted by molar-refractivity contribution is 5.29. The lowest BCUT2D eigenvalue weighted by atomic mass is 9.41. The van der Waals surface area contributed by atoms with Crippen molar-refractivity contribution in [1.29, 1.82) is 0 Å². The Morgan fingerprint density at radius 1 is 0.972 bits per heavy atom. The SMILES string of the molecule is CC[C@]1(O)CC[C@@]2(C)C(=CC[C@@]3(C)[C@@H]4CC[C@H]([C@H](C)CC[C@H](O)c5ccccc5F)[C@@]4(C)CC[C@@H]32)C1. The van der Waals surface area contributed by atoms with Crippen LogP contribution in [0.3, 0.4) is 0 Å². The summed E-state index contributed by atoms with van der Waals surface area (Å²) in [6.07, 6.45) is 13.6. The third kappa shape index (κ3) is 4.03. The maximum Gasteiger partial charge on any atom is 0.128 e. The number of rotatable bonds is 6. The monoisotopic (exact) mass is 496 g/mol. The van der Waals surface area contributed by atoms with E-state index in [4.69, 9.17) is 0 Å². The van der Waals surface area contributed by atoms with Crippen LogP contribution < -0.4 is 0 Å². The number of fused-ring (bicyclic) bond motifs is 5. The van der Waals surface area contributed by atoms with Crippen LogP contribution in [0.4, 0.5) is 4.39 Å². The van der Waals surface area contributed by atoms with Gasteiger partial charge in [-0.25, -0.2) is 4.39 Å². The van der Waals surface area contributed by atoms with Gasteiger partial charge in [0.05, 0.1) is 11.7 Å². The van der Waals surface area contributed by atoms with Gasteiger partial charge >= 0.3 is 0 Å². The van der Waals surface area contributed by atoms with Crippen molar-refractivity contribution in [3.05, 3.63) is 47.3 Å². The second kappa shape index (κ2) is 9.23. The number of aliphatic hydroxyl groups excluding tert-OH is 1. The fraction of sp³-hybridized carbons (Fsp3) is 0.758. The van der Waals surface area contributed by atoms with Crippen LogP contribution >= 0.6 is 0 Å². The van der Waals surface area contributed by atoms with Crippen LogP contribution in [0.5, 0.6) is 0 Å². The first-order valence-corrected chi connectivity index (χ1v) is 14.8. The van der Waals surface area contributed by atoms with Crippen molar-refractivity contribution < 1.29 is 14.6 Å². The number of benzene rings is 1. The van der Waals surface area contributed by atoms with E-state index < -0.39 is 11.7 Å². The second-order valence-electron chi connectivity index (χ2n) is 14.0. The molecule has 2 N–H and O–H groups in total. The summed E-state index contributed by atoms with van der Waals surface area (Å²) in [6, 6.07) is 6.67. The zero-order valence-corrected chi connectivity index (χ0v) is 23.3. The van der Waals surface area contributed by atoms with Gasteiger partial charge in [0.2, 0.25) is 0 Å². The van der Waals surface area contributed by atoms with Crippen molar-refractivity contribution in [3.63, 3.8) is 0 Å². The first-order chi connectivity index (χ1) is 17.0. The van der Waals surface area contributed by atoms with Gasteiger partial charge in [0, 0.05) is 5.56 Å². The molecular formula is C33H49FO2. The Kier molecular flexibility index (Phi) is 6.77. The van der Waals surface area contributed by atoms with Crippen LogP contribution in [-0.4, -0.2) is 15.8 Å². The van der Waals surface area contributed by atoms with Gasteiger partial charge in [0.25, 0.3) is 0 Å². The van der Waals surface area contributed by atoms with Crippen LogP contribution in [0.1, 0.15) is 117 Å². The molecule has 9 atom stereocenters. The van der Waals surface area contributed by atoms with Gasteiger partial charge in [-0.3, -0.25) is 0 Å². The van der Waals surface area contributed by atoms with Crippen LogP contribution in [0.2, 0.25) is 0 Å². The number of hydrogen-bond donors (Lipinski definition) is 2. The molecule has 3 fully saturated rings. The molecule has 0 radical (unpaired) electrons. The van der Waals surface area contributed by atoms with Gasteiger partial charge in [0.1, 0.15) is 5.82 Å². The maximum atomic E-state index is 14.2. The number of hydrogen-bond acceptors (Lipinski definition) is 2. The molecule has 0 aliphatic heterocycles. The molecule has 0 heterocycles. The summed E-state index contributed by atoms with van der Waals surface area (Å²) in [6.45, 7) is 12.2. The quantitative estimate of drug-likeness (QED) is 0.388. The largest absolute Gasteiger partial charge is 0.390 e. The number of allylic oxidation sites excluding steroid dienone is 1. The first-order valence-electron chi connectivity index (χ1n) is 14.8. The van der Waals surface area contributed by atoms with Crippen molar-refractivity contribution in [2.24, 2.45) is 39.9 Å². The van der Waals surface area contributed by atoms with Crippen molar-refractivity contribution >= 4 is 0 Å². The van der Waals surface area contributed by atoms with Crippen LogP contribution in [0, 0.1) is 45.7 Å². The van der Waals surface area contributed by atoms with Gasteiger partial charge in [0.15, 0.2) is 0 Å². The Morgan fingerprint density at radius 3 is 2.44 bits per heavy atom. The Balaban J connectivity index is 1.32. The Labute approximate surface area is 218 Å². The van der Waals surface area contributed by atoms with Gasteiger partial charge in [-0.1, -0.05) is 64.5 Å². The predicted octanol–water partition coefficient (Wildman–Crippen LogP) is 8.39. The van der Waals surface area contributed by atoms with Gasteiger partial charge < -0.3 is 10.2 Å². The van der Waals surface area contributed by atoms with Crippen molar-refractivity contribution in [2.75, 3.05) is 0 Å².